The Kier molecular flexibility index (Phi) is 4.03. The Balaban J connectivity index is 1.63. The van der Waals surface area contributed by atoms with Crippen LogP contribution in [0, 0.1) is 0 Å². The lowest BCUT2D eigenvalue weighted by Crippen LogP contribution is -2.12. The van der Waals surface area contributed by atoms with Gasteiger partial charge in [0.2, 0.25) is 0 Å². The zero-order valence-corrected chi connectivity index (χ0v) is 14.6. The van der Waals surface area contributed by atoms with Crippen LogP contribution in [0.1, 0.15) is 10.4 Å². The van der Waals surface area contributed by atoms with E-state index in [-0.39, 0.29) is 5.91 Å². The van der Waals surface area contributed by atoms with Crippen molar-refractivity contribution in [2.45, 2.75) is 0 Å². The summed E-state index contributed by atoms with van der Waals surface area (Å²) in [6.45, 7) is 0. The van der Waals surface area contributed by atoms with E-state index < -0.39 is 0 Å². The number of H-pyrrole nitrogens is 1. The van der Waals surface area contributed by atoms with E-state index in [9.17, 15) is 4.79 Å². The van der Waals surface area contributed by atoms with Crippen molar-refractivity contribution in [2.75, 3.05) is 5.32 Å². The number of hydrogen-bond acceptors (Lipinski definition) is 3. The number of anilines is 1. The molecule has 0 atom stereocenters. The highest BCUT2D eigenvalue weighted by molar-refractivity contribution is 9.10. The molecule has 25 heavy (non-hydrogen) atoms. The third-order valence-electron chi connectivity index (χ3n) is 3.76. The average molecular weight is 393 g/mol. The van der Waals surface area contributed by atoms with Crippen molar-refractivity contribution < 1.29 is 4.79 Å². The first-order chi connectivity index (χ1) is 12.2. The van der Waals surface area contributed by atoms with Gasteiger partial charge in [-0.25, -0.2) is 9.97 Å². The van der Waals surface area contributed by atoms with Crippen LogP contribution in [-0.2, 0) is 0 Å². The molecule has 1 amide bonds. The predicted molar refractivity (Wildman–Crippen MR) is 101 cm³/mol. The van der Waals surface area contributed by atoms with Crippen molar-refractivity contribution in [2.24, 2.45) is 0 Å². The number of nitrogens with one attached hydrogen (secondary N) is 2. The van der Waals surface area contributed by atoms with Gasteiger partial charge in [0.25, 0.3) is 5.91 Å². The van der Waals surface area contributed by atoms with E-state index in [4.69, 9.17) is 0 Å². The summed E-state index contributed by atoms with van der Waals surface area (Å²) in [6, 6.07) is 18.9. The Morgan fingerprint density at radius 1 is 1.04 bits per heavy atom. The Morgan fingerprint density at radius 3 is 2.60 bits per heavy atom. The number of rotatable bonds is 3. The van der Waals surface area contributed by atoms with E-state index in [2.05, 4.69) is 36.2 Å². The van der Waals surface area contributed by atoms with Crippen LogP contribution in [0.5, 0.6) is 0 Å². The van der Waals surface area contributed by atoms with E-state index in [0.717, 1.165) is 15.9 Å². The van der Waals surface area contributed by atoms with Gasteiger partial charge in [-0.2, -0.15) is 0 Å². The lowest BCUT2D eigenvalue weighted by atomic mass is 10.2. The molecule has 0 spiro atoms. The van der Waals surface area contributed by atoms with Crippen molar-refractivity contribution in [3.05, 3.63) is 76.9 Å². The predicted octanol–water partition coefficient (Wildman–Crippen LogP) is 4.64. The lowest BCUT2D eigenvalue weighted by Gasteiger charge is -2.06. The topological polar surface area (TPSA) is 70.7 Å². The molecule has 4 aromatic rings. The van der Waals surface area contributed by atoms with Crippen molar-refractivity contribution in [3.63, 3.8) is 0 Å². The number of amides is 1. The number of hydrogen-bond donors (Lipinski definition) is 2. The third-order valence-corrected chi connectivity index (χ3v) is 4.45. The minimum absolute atomic E-state index is 0.201. The van der Waals surface area contributed by atoms with Crippen LogP contribution in [0.4, 0.5) is 5.69 Å². The van der Waals surface area contributed by atoms with Crippen LogP contribution in [-0.4, -0.2) is 20.9 Å². The van der Waals surface area contributed by atoms with Crippen LogP contribution < -0.4 is 5.32 Å². The van der Waals surface area contributed by atoms with Gasteiger partial charge >= 0.3 is 0 Å². The molecule has 122 valence electrons. The molecule has 2 N–H and O–H groups in total. The maximum absolute atomic E-state index is 12.4. The van der Waals surface area contributed by atoms with Gasteiger partial charge in [-0.1, -0.05) is 42.5 Å². The zero-order chi connectivity index (χ0) is 17.2. The summed E-state index contributed by atoms with van der Waals surface area (Å²) < 4.78 is 0.743. The first-order valence-corrected chi connectivity index (χ1v) is 8.47. The molecular formula is C19H13BrN4O. The van der Waals surface area contributed by atoms with Gasteiger partial charge in [-0.05, 0) is 34.1 Å². The van der Waals surface area contributed by atoms with E-state index in [1.165, 1.54) is 0 Å². The van der Waals surface area contributed by atoms with Crippen LogP contribution in [0.3, 0.4) is 0 Å². The van der Waals surface area contributed by atoms with Gasteiger partial charge in [0.15, 0.2) is 5.65 Å². The molecule has 5 nitrogen and oxygen atoms in total. The van der Waals surface area contributed by atoms with Gasteiger partial charge in [-0.15, -0.1) is 0 Å². The Morgan fingerprint density at radius 2 is 1.80 bits per heavy atom. The number of imidazole rings is 1. The summed E-state index contributed by atoms with van der Waals surface area (Å²) in [4.78, 5) is 24.5. The molecule has 4 rings (SSSR count). The van der Waals surface area contributed by atoms with E-state index in [1.807, 2.05) is 48.5 Å². The molecule has 6 heteroatoms. The van der Waals surface area contributed by atoms with Crippen LogP contribution in [0.15, 0.2) is 71.3 Å². The highest BCUT2D eigenvalue weighted by Crippen LogP contribution is 2.22. The van der Waals surface area contributed by atoms with E-state index in [0.29, 0.717) is 22.4 Å². The van der Waals surface area contributed by atoms with Gasteiger partial charge in [-0.3, -0.25) is 4.79 Å². The molecule has 0 bridgehead atoms. The largest absolute Gasteiger partial charge is 0.323 e. The summed E-state index contributed by atoms with van der Waals surface area (Å²) in [7, 11) is 0. The molecule has 0 fully saturated rings. The first-order valence-electron chi connectivity index (χ1n) is 7.68. The van der Waals surface area contributed by atoms with E-state index >= 15 is 0 Å². The third kappa shape index (κ3) is 3.16. The number of aromatic amines is 1. The fourth-order valence-corrected chi connectivity index (χ4v) is 3.00. The molecular weight excluding hydrogens is 380 g/mol. The number of carbonyl (C=O) groups excluding carboxylic acids is 1. The summed E-state index contributed by atoms with van der Waals surface area (Å²) in [5, 5.41) is 2.85. The molecule has 0 aliphatic heterocycles. The highest BCUT2D eigenvalue weighted by atomic mass is 79.9. The smallest absolute Gasteiger partial charge is 0.256 e. The standard InChI is InChI=1S/C19H13BrN4O/c20-15-9-5-4-8-14(15)19(25)22-13-10-16-18(21-11-13)24-17(23-16)12-6-2-1-3-7-12/h1-11H,(H,22,25)(H,21,23,24). The second-order valence-electron chi connectivity index (χ2n) is 5.48. The molecule has 0 radical (unpaired) electrons. The quantitative estimate of drug-likeness (QED) is 0.533. The van der Waals surface area contributed by atoms with Gasteiger partial charge in [0.05, 0.1) is 17.4 Å². The number of carbonyl (C=O) groups is 1. The Hall–Kier alpha value is -2.99. The second-order valence-corrected chi connectivity index (χ2v) is 6.33. The SMILES string of the molecule is O=C(Nc1cnc2[nH]c(-c3ccccc3)nc2c1)c1ccccc1Br. The molecule has 0 saturated heterocycles. The normalized spacial score (nSPS) is 10.8. The molecule has 2 aromatic carbocycles. The molecule has 0 unspecified atom stereocenters. The average Bonchev–Trinajstić information content (AvgIpc) is 3.06. The summed E-state index contributed by atoms with van der Waals surface area (Å²) in [5.74, 6) is 0.546. The fourth-order valence-electron chi connectivity index (χ4n) is 2.54. The lowest BCUT2D eigenvalue weighted by molar-refractivity contribution is 0.102. The van der Waals surface area contributed by atoms with Gasteiger partial charge in [0, 0.05) is 10.0 Å². The van der Waals surface area contributed by atoms with Crippen LogP contribution in [0.25, 0.3) is 22.6 Å². The number of halogens is 1. The van der Waals surface area contributed by atoms with Gasteiger partial charge < -0.3 is 10.3 Å². The minimum atomic E-state index is -0.201. The highest BCUT2D eigenvalue weighted by Gasteiger charge is 2.11. The summed E-state index contributed by atoms with van der Waals surface area (Å²) >= 11 is 3.39. The summed E-state index contributed by atoms with van der Waals surface area (Å²) in [5.41, 5.74) is 3.52. The van der Waals surface area contributed by atoms with E-state index in [1.54, 1.807) is 18.3 Å². The van der Waals surface area contributed by atoms with Gasteiger partial charge in [0.1, 0.15) is 11.3 Å². The molecule has 0 aliphatic carbocycles. The number of nitrogens with zero attached hydrogens (tertiary/aromatic N) is 2. The van der Waals surface area contributed by atoms with Crippen LogP contribution in [0.2, 0.25) is 0 Å². The Bertz CT molecular complexity index is 1060. The first kappa shape index (κ1) is 15.5. The maximum atomic E-state index is 12.4. The van der Waals surface area contributed by atoms with Crippen molar-refractivity contribution >= 4 is 38.7 Å². The number of fused-ring (bicyclic) bond motifs is 1. The Labute approximate surface area is 152 Å². The minimum Gasteiger partial charge on any atom is -0.323 e. The maximum Gasteiger partial charge on any atom is 0.256 e. The second kappa shape index (κ2) is 6.49. The molecule has 2 aromatic heterocycles. The van der Waals surface area contributed by atoms with Crippen molar-refractivity contribution in [3.8, 4) is 11.4 Å². The number of aromatic nitrogens is 3. The molecule has 0 aliphatic rings. The number of pyridine rings is 1. The van der Waals surface area contributed by atoms with Crippen LogP contribution >= 0.6 is 15.9 Å². The monoisotopic (exact) mass is 392 g/mol. The zero-order valence-electron chi connectivity index (χ0n) is 13.0. The molecule has 2 heterocycles. The fraction of sp³-hybridized carbons (Fsp3) is 0. The van der Waals surface area contributed by atoms with Crippen molar-refractivity contribution in [1.82, 2.24) is 15.0 Å². The molecule has 0 saturated carbocycles. The number of benzene rings is 2. The van der Waals surface area contributed by atoms with Crippen molar-refractivity contribution in [1.29, 1.82) is 0 Å². The summed E-state index contributed by atoms with van der Waals surface area (Å²) in [6.07, 6.45) is 1.62.